The number of aromatic nitrogens is 3. The second-order valence-electron chi connectivity index (χ2n) is 7.28. The molecule has 1 N–H and O–H groups in total. The number of halogens is 1. The van der Waals surface area contributed by atoms with Gasteiger partial charge in [-0.1, -0.05) is 0 Å². The number of fused-ring (bicyclic) bond motifs is 2. The zero-order valence-electron chi connectivity index (χ0n) is 28.5. The second kappa shape index (κ2) is 9.23. The Morgan fingerprint density at radius 3 is 2.88 bits per heavy atom. The van der Waals surface area contributed by atoms with Crippen LogP contribution in [0.2, 0.25) is 0 Å². The van der Waals surface area contributed by atoms with E-state index in [-0.39, 0.29) is 27.9 Å². The van der Waals surface area contributed by atoms with E-state index in [1.807, 2.05) is 0 Å². The number of H-pyrrole nitrogens is 1. The van der Waals surface area contributed by atoms with Gasteiger partial charge in [0.2, 0.25) is 5.88 Å². The van der Waals surface area contributed by atoms with Crippen LogP contribution in [0.1, 0.15) is 39.9 Å². The predicted molar refractivity (Wildman–Crippen MR) is 125 cm³/mol. The smallest absolute Gasteiger partial charge is 0.230 e. The van der Waals surface area contributed by atoms with Gasteiger partial charge in [-0.3, -0.25) is 0 Å². The summed E-state index contributed by atoms with van der Waals surface area (Å²) in [6.07, 6.45) is -4.66. The number of aromatic amines is 1. The van der Waals surface area contributed by atoms with Crippen LogP contribution in [0.5, 0.6) is 23.1 Å². The lowest BCUT2D eigenvalue weighted by Gasteiger charge is -2.16. The van der Waals surface area contributed by atoms with Crippen LogP contribution in [-0.4, -0.2) is 53.0 Å². The third kappa shape index (κ3) is 4.43. The van der Waals surface area contributed by atoms with E-state index in [4.69, 9.17) is 29.3 Å². The molecule has 2 aromatic carbocycles. The van der Waals surface area contributed by atoms with E-state index in [0.717, 1.165) is 29.1 Å². The summed E-state index contributed by atoms with van der Waals surface area (Å²) in [6, 6.07) is 6.87. The molecule has 0 bridgehead atoms. The number of benzene rings is 2. The van der Waals surface area contributed by atoms with Crippen molar-refractivity contribution >= 4 is 21.8 Å². The summed E-state index contributed by atoms with van der Waals surface area (Å²) in [7, 11) is -3.03. The number of aryl methyl sites for hydroxylation is 1. The van der Waals surface area contributed by atoms with Gasteiger partial charge in [-0.25, -0.2) is 14.4 Å². The molecule has 0 aliphatic carbocycles. The summed E-state index contributed by atoms with van der Waals surface area (Å²) < 4.78 is 119. The molecule has 2 aromatic heterocycles. The molecule has 7 nitrogen and oxygen atoms in total. The molecule has 172 valence electrons. The van der Waals surface area contributed by atoms with Gasteiger partial charge in [-0.05, 0) is 63.4 Å². The summed E-state index contributed by atoms with van der Waals surface area (Å²) in [4.78, 5) is 12.0. The molecule has 1 aliphatic rings. The second-order valence-corrected chi connectivity index (χ2v) is 7.28. The van der Waals surface area contributed by atoms with Gasteiger partial charge in [0.1, 0.15) is 6.33 Å². The number of rotatable bonds is 8. The molecule has 8 heteroatoms. The SMILES string of the molecule is [2H]C([2H])([2H])Oc1cc2c(Oc3ccc4[nH]c(C)cc4c3F)ncnc2cc1OC([2H])([2H])CC([2H])([2H])N1CC([2H])([2H])C([2H])([2H])C1. The van der Waals surface area contributed by atoms with Gasteiger partial charge >= 0.3 is 0 Å². The van der Waals surface area contributed by atoms with Crippen molar-refractivity contribution in [3.05, 3.63) is 48.2 Å². The summed E-state index contributed by atoms with van der Waals surface area (Å²) >= 11 is 0. The van der Waals surface area contributed by atoms with E-state index in [0.29, 0.717) is 5.52 Å². The molecule has 1 aliphatic heterocycles. The first-order chi connectivity index (χ1) is 20.2. The molecule has 3 heterocycles. The number of nitrogens with one attached hydrogen (secondary N) is 1. The molecular weight excluding hydrogens is 423 g/mol. The van der Waals surface area contributed by atoms with Crippen molar-refractivity contribution in [1.29, 1.82) is 0 Å². The monoisotopic (exact) mass is 461 g/mol. The molecule has 4 aromatic rings. The Kier molecular flexibility index (Phi) is 3.41. The first kappa shape index (κ1) is 12.2. The van der Waals surface area contributed by atoms with Crippen LogP contribution in [-0.2, 0) is 0 Å². The zero-order chi connectivity index (χ0) is 32.5. The standard InChI is InChI=1S/C25H27FN4O3/c1-16-12-17-19(29-16)6-7-21(24(17)26)33-25-18-13-22(31-2)23(14-20(18)27-15-28-25)32-11-5-10-30-8-3-4-9-30/h6-7,12-15,29H,3-5,8-11H2,1-2H3/i2D3,3D2,4D2,10D2,11D2. The third-order valence-corrected chi connectivity index (χ3v) is 5.04. The molecule has 0 atom stereocenters. The fraction of sp³-hybridized carbons (Fsp3) is 0.360. The van der Waals surface area contributed by atoms with Crippen molar-refractivity contribution in [2.75, 3.05) is 33.2 Å². The lowest BCUT2D eigenvalue weighted by Crippen LogP contribution is -2.21. The first-order valence-corrected chi connectivity index (χ1v) is 10.0. The molecule has 0 unspecified atom stereocenters. The van der Waals surface area contributed by atoms with Crippen LogP contribution in [0.4, 0.5) is 4.39 Å². The molecule has 0 spiro atoms. The number of likely N-dealkylation sites (tertiary alicyclic amines) is 1. The van der Waals surface area contributed by atoms with Crippen molar-refractivity contribution in [2.24, 2.45) is 0 Å². The average Bonchev–Trinajstić information content (AvgIpc) is 3.35. The van der Waals surface area contributed by atoms with Crippen molar-refractivity contribution in [1.82, 2.24) is 19.9 Å². The van der Waals surface area contributed by atoms with Crippen LogP contribution < -0.4 is 14.2 Å². The minimum absolute atomic E-state index is 0.0706. The minimum atomic E-state index is -3.03. The lowest BCUT2D eigenvalue weighted by atomic mass is 10.2. The van der Waals surface area contributed by atoms with Gasteiger partial charge in [0.25, 0.3) is 0 Å². The molecule has 0 radical (unpaired) electrons. The fourth-order valence-electron chi connectivity index (χ4n) is 3.48. The van der Waals surface area contributed by atoms with E-state index in [1.54, 1.807) is 19.1 Å². The molecule has 33 heavy (non-hydrogen) atoms. The molecular formula is C25H27FN4O3. The van der Waals surface area contributed by atoms with Crippen LogP contribution in [0.15, 0.2) is 36.7 Å². The Bertz CT molecular complexity index is 1710. The lowest BCUT2D eigenvalue weighted by molar-refractivity contribution is 0.254. The van der Waals surface area contributed by atoms with Crippen LogP contribution in [0.25, 0.3) is 21.8 Å². The van der Waals surface area contributed by atoms with E-state index in [1.165, 1.54) is 6.07 Å². The highest BCUT2D eigenvalue weighted by Crippen LogP contribution is 2.37. The highest BCUT2D eigenvalue weighted by molar-refractivity contribution is 5.87. The summed E-state index contributed by atoms with van der Waals surface area (Å²) in [5.41, 5.74) is 1.36. The number of hydrogen-bond acceptors (Lipinski definition) is 6. The average molecular weight is 462 g/mol. The summed E-state index contributed by atoms with van der Waals surface area (Å²) in [6.45, 7) is -4.86. The van der Waals surface area contributed by atoms with Crippen molar-refractivity contribution in [2.45, 2.75) is 26.1 Å². The normalized spacial score (nSPS) is 23.5. The largest absolute Gasteiger partial charge is 0.493 e. The van der Waals surface area contributed by atoms with Crippen molar-refractivity contribution in [3.63, 3.8) is 0 Å². The van der Waals surface area contributed by atoms with Gasteiger partial charge in [0.15, 0.2) is 23.1 Å². The van der Waals surface area contributed by atoms with Crippen molar-refractivity contribution in [3.8, 4) is 23.1 Å². The van der Waals surface area contributed by atoms with E-state index in [2.05, 4.69) is 15.0 Å². The van der Waals surface area contributed by atoms with E-state index < -0.39 is 69.7 Å². The Hall–Kier alpha value is -3.39. The number of hydrogen-bond donors (Lipinski definition) is 1. The quantitative estimate of drug-likeness (QED) is 0.388. The summed E-state index contributed by atoms with van der Waals surface area (Å²) in [5, 5.41) is 0.352. The summed E-state index contributed by atoms with van der Waals surface area (Å²) in [5.74, 6) is -1.96. The maximum atomic E-state index is 15.2. The third-order valence-electron chi connectivity index (χ3n) is 5.04. The molecule has 5 rings (SSSR count). The van der Waals surface area contributed by atoms with Gasteiger partial charge in [0, 0.05) is 37.4 Å². The first-order valence-electron chi connectivity index (χ1n) is 15.5. The van der Waals surface area contributed by atoms with E-state index in [9.17, 15) is 0 Å². The maximum absolute atomic E-state index is 15.2. The number of ether oxygens (including phenoxy) is 3. The molecule has 0 amide bonds. The molecule has 0 saturated carbocycles. The zero-order valence-corrected chi connectivity index (χ0v) is 17.5. The Morgan fingerprint density at radius 1 is 1.15 bits per heavy atom. The van der Waals surface area contributed by atoms with Crippen molar-refractivity contribution < 1.29 is 33.7 Å². The Balaban J connectivity index is 1.48. The highest BCUT2D eigenvalue weighted by atomic mass is 19.1. The topological polar surface area (TPSA) is 72.5 Å². The molecule has 1 fully saturated rings. The van der Waals surface area contributed by atoms with E-state index >= 15 is 4.39 Å². The Labute approximate surface area is 206 Å². The van der Waals surface area contributed by atoms with Gasteiger partial charge < -0.3 is 24.1 Å². The number of nitrogens with zero attached hydrogens (tertiary/aromatic N) is 3. The molecule has 1 saturated heterocycles. The fourth-order valence-corrected chi connectivity index (χ4v) is 3.48. The van der Waals surface area contributed by atoms with Gasteiger partial charge in [-0.15, -0.1) is 0 Å². The maximum Gasteiger partial charge on any atom is 0.230 e. The van der Waals surface area contributed by atoms with Gasteiger partial charge in [-0.2, -0.15) is 0 Å². The highest BCUT2D eigenvalue weighted by Gasteiger charge is 2.17. The number of methoxy groups -OCH3 is 1. The minimum Gasteiger partial charge on any atom is -0.493 e. The van der Waals surface area contributed by atoms with Crippen LogP contribution in [0, 0.1) is 12.7 Å². The Morgan fingerprint density at radius 2 is 2.03 bits per heavy atom. The van der Waals surface area contributed by atoms with Gasteiger partial charge in [0.05, 0.1) is 31.4 Å². The van der Waals surface area contributed by atoms with Crippen LogP contribution >= 0.6 is 0 Å². The predicted octanol–water partition coefficient (Wildman–Crippen LogP) is 5.22. The van der Waals surface area contributed by atoms with Crippen LogP contribution in [0.3, 0.4) is 0 Å².